The summed E-state index contributed by atoms with van der Waals surface area (Å²) in [6.45, 7) is 0.420. The van der Waals surface area contributed by atoms with E-state index in [9.17, 15) is 18.3 Å². The van der Waals surface area contributed by atoms with Gasteiger partial charge in [0.15, 0.2) is 0 Å². The summed E-state index contributed by atoms with van der Waals surface area (Å²) in [5, 5.41) is 10.1. The molecule has 1 aromatic rings. The molecule has 0 aliphatic carbocycles. The average Bonchev–Trinajstić information content (AvgIpc) is 2.82. The Bertz CT molecular complexity index is 658. The van der Waals surface area contributed by atoms with Crippen LogP contribution in [0.1, 0.15) is 5.56 Å². The van der Waals surface area contributed by atoms with Crippen molar-refractivity contribution in [2.75, 3.05) is 38.7 Å². The molecule has 0 radical (unpaired) electrons. The summed E-state index contributed by atoms with van der Waals surface area (Å²) in [4.78, 5) is 13.8. The lowest BCUT2D eigenvalue weighted by Gasteiger charge is -2.18. The molecule has 1 aliphatic rings. The minimum Gasteiger partial charge on any atom is -0.399 e. The second-order valence-electron chi connectivity index (χ2n) is 6.11. The molecule has 1 amide bonds. The number of β-amino-alcohol motifs (C(OH)–C–C–N with tert-alkyl or cyclic N) is 1. The number of nitrogen functional groups attached to an aromatic ring is 1. The van der Waals surface area contributed by atoms with Crippen LogP contribution in [-0.2, 0) is 21.2 Å². The molecule has 8 heteroatoms. The first-order chi connectivity index (χ1) is 10.7. The predicted octanol–water partition coefficient (Wildman–Crippen LogP) is -0.478. The SMILES string of the molecule is CN(C)S(=O)(=O)C[C@@H]1CN(C(=O)Cc2ccc(N)cc2)C[C@H]1O. The summed E-state index contributed by atoms with van der Waals surface area (Å²) in [6, 6.07) is 7.03. The molecule has 0 saturated carbocycles. The van der Waals surface area contributed by atoms with Gasteiger partial charge in [-0.1, -0.05) is 12.1 Å². The van der Waals surface area contributed by atoms with Gasteiger partial charge in [0.1, 0.15) is 0 Å². The predicted molar refractivity (Wildman–Crippen MR) is 88.1 cm³/mol. The minimum atomic E-state index is -3.41. The first-order valence-corrected chi connectivity index (χ1v) is 9.00. The van der Waals surface area contributed by atoms with Crippen molar-refractivity contribution < 1.29 is 18.3 Å². The molecule has 1 aromatic carbocycles. The zero-order valence-electron chi connectivity index (χ0n) is 13.3. The van der Waals surface area contributed by atoms with E-state index in [1.807, 2.05) is 0 Å². The van der Waals surface area contributed by atoms with Crippen molar-refractivity contribution >= 4 is 21.6 Å². The summed E-state index contributed by atoms with van der Waals surface area (Å²) < 4.78 is 25.0. The van der Waals surface area contributed by atoms with E-state index in [1.54, 1.807) is 24.3 Å². The topological polar surface area (TPSA) is 104 Å². The van der Waals surface area contributed by atoms with Crippen LogP contribution in [0.5, 0.6) is 0 Å². The van der Waals surface area contributed by atoms with Gasteiger partial charge in [0.25, 0.3) is 0 Å². The van der Waals surface area contributed by atoms with Gasteiger partial charge in [-0.25, -0.2) is 12.7 Å². The number of carbonyl (C=O) groups is 1. The normalized spacial score (nSPS) is 21.8. The van der Waals surface area contributed by atoms with Crippen LogP contribution in [0.3, 0.4) is 0 Å². The molecule has 1 aliphatic heterocycles. The number of rotatable bonds is 5. The third-order valence-electron chi connectivity index (χ3n) is 4.08. The van der Waals surface area contributed by atoms with Gasteiger partial charge in [0.05, 0.1) is 18.3 Å². The molecule has 0 unspecified atom stereocenters. The molecule has 1 heterocycles. The van der Waals surface area contributed by atoms with Gasteiger partial charge in [-0.15, -0.1) is 0 Å². The molecule has 1 saturated heterocycles. The van der Waals surface area contributed by atoms with Crippen molar-refractivity contribution in [2.45, 2.75) is 12.5 Å². The van der Waals surface area contributed by atoms with E-state index in [1.165, 1.54) is 19.0 Å². The summed E-state index contributed by atoms with van der Waals surface area (Å²) in [6.07, 6.45) is -0.611. The number of hydrogen-bond acceptors (Lipinski definition) is 5. The smallest absolute Gasteiger partial charge is 0.227 e. The minimum absolute atomic E-state index is 0.126. The van der Waals surface area contributed by atoms with Crippen LogP contribution in [0.25, 0.3) is 0 Å². The number of likely N-dealkylation sites (tertiary alicyclic amines) is 1. The molecule has 3 N–H and O–H groups in total. The number of hydrogen-bond donors (Lipinski definition) is 2. The number of carbonyl (C=O) groups excluding carboxylic acids is 1. The standard InChI is InChI=1S/C15H23N3O4S/c1-17(2)23(21,22)10-12-8-18(9-14(12)19)15(20)7-11-3-5-13(16)6-4-11/h3-6,12,14,19H,7-10,16H2,1-2H3/t12-,14+/m0/s1. The van der Waals surface area contributed by atoms with Crippen molar-refractivity contribution in [2.24, 2.45) is 5.92 Å². The van der Waals surface area contributed by atoms with Crippen molar-refractivity contribution in [3.8, 4) is 0 Å². The maximum Gasteiger partial charge on any atom is 0.227 e. The van der Waals surface area contributed by atoms with Gasteiger partial charge >= 0.3 is 0 Å². The highest BCUT2D eigenvalue weighted by Crippen LogP contribution is 2.21. The summed E-state index contributed by atoms with van der Waals surface area (Å²) in [7, 11) is -0.488. The van der Waals surface area contributed by atoms with Gasteiger partial charge in [0, 0.05) is 38.8 Å². The average molecular weight is 341 g/mol. The van der Waals surface area contributed by atoms with E-state index in [0.717, 1.165) is 9.87 Å². The Morgan fingerprint density at radius 2 is 1.91 bits per heavy atom. The fraction of sp³-hybridized carbons (Fsp3) is 0.533. The maximum absolute atomic E-state index is 12.3. The number of aliphatic hydroxyl groups is 1. The van der Waals surface area contributed by atoms with Crippen molar-refractivity contribution in [3.63, 3.8) is 0 Å². The lowest BCUT2D eigenvalue weighted by Crippen LogP contribution is -2.34. The fourth-order valence-electron chi connectivity index (χ4n) is 2.56. The lowest BCUT2D eigenvalue weighted by molar-refractivity contribution is -0.129. The number of sulfonamides is 1. The fourth-order valence-corrected chi connectivity index (χ4v) is 3.73. The molecule has 2 rings (SSSR count). The number of nitrogens with zero attached hydrogens (tertiary/aromatic N) is 2. The number of aliphatic hydroxyl groups excluding tert-OH is 1. The van der Waals surface area contributed by atoms with Crippen LogP contribution in [0.4, 0.5) is 5.69 Å². The van der Waals surface area contributed by atoms with E-state index >= 15 is 0 Å². The molecular weight excluding hydrogens is 318 g/mol. The van der Waals surface area contributed by atoms with E-state index in [0.29, 0.717) is 5.69 Å². The van der Waals surface area contributed by atoms with Crippen LogP contribution in [0.2, 0.25) is 0 Å². The first-order valence-electron chi connectivity index (χ1n) is 7.39. The summed E-state index contributed by atoms with van der Waals surface area (Å²) >= 11 is 0. The third-order valence-corrected chi connectivity index (χ3v) is 6.04. The van der Waals surface area contributed by atoms with Gasteiger partial charge in [-0.05, 0) is 17.7 Å². The van der Waals surface area contributed by atoms with E-state index in [4.69, 9.17) is 5.73 Å². The van der Waals surface area contributed by atoms with Crippen molar-refractivity contribution in [3.05, 3.63) is 29.8 Å². The molecule has 23 heavy (non-hydrogen) atoms. The number of nitrogens with two attached hydrogens (primary N) is 1. The second-order valence-corrected chi connectivity index (χ2v) is 8.33. The van der Waals surface area contributed by atoms with Crippen molar-refractivity contribution in [1.29, 1.82) is 0 Å². The third kappa shape index (κ3) is 4.43. The highest BCUT2D eigenvalue weighted by Gasteiger charge is 2.37. The van der Waals surface area contributed by atoms with E-state index in [2.05, 4.69) is 0 Å². The monoisotopic (exact) mass is 341 g/mol. The molecule has 128 valence electrons. The Kier molecular flexibility index (Phi) is 5.28. The molecule has 2 atom stereocenters. The molecule has 0 aromatic heterocycles. The van der Waals surface area contributed by atoms with Crippen LogP contribution in [-0.4, -0.2) is 67.7 Å². The molecule has 7 nitrogen and oxygen atoms in total. The number of amides is 1. The summed E-state index contributed by atoms with van der Waals surface area (Å²) in [5.74, 6) is -0.747. The maximum atomic E-state index is 12.3. The van der Waals surface area contributed by atoms with Crippen LogP contribution in [0.15, 0.2) is 24.3 Å². The van der Waals surface area contributed by atoms with Gasteiger partial charge < -0.3 is 15.7 Å². The Labute approximate surface area is 136 Å². The molecule has 1 fully saturated rings. The molecular formula is C15H23N3O4S. The van der Waals surface area contributed by atoms with Crippen LogP contribution in [0, 0.1) is 5.92 Å². The van der Waals surface area contributed by atoms with Gasteiger partial charge in [-0.3, -0.25) is 4.79 Å². The summed E-state index contributed by atoms with van der Waals surface area (Å²) in [5.41, 5.74) is 7.08. The Morgan fingerprint density at radius 1 is 1.30 bits per heavy atom. The van der Waals surface area contributed by atoms with Crippen LogP contribution >= 0.6 is 0 Å². The van der Waals surface area contributed by atoms with Crippen LogP contribution < -0.4 is 5.73 Å². The highest BCUT2D eigenvalue weighted by atomic mass is 32.2. The Hall–Kier alpha value is -1.64. The molecule has 0 spiro atoms. The highest BCUT2D eigenvalue weighted by molar-refractivity contribution is 7.89. The Balaban J connectivity index is 1.97. The largest absolute Gasteiger partial charge is 0.399 e. The second kappa shape index (κ2) is 6.86. The van der Waals surface area contributed by atoms with Gasteiger partial charge in [0.2, 0.25) is 15.9 Å². The van der Waals surface area contributed by atoms with E-state index in [-0.39, 0.29) is 31.2 Å². The number of benzene rings is 1. The Morgan fingerprint density at radius 3 is 2.48 bits per heavy atom. The van der Waals surface area contributed by atoms with E-state index < -0.39 is 22.0 Å². The molecule has 0 bridgehead atoms. The zero-order valence-corrected chi connectivity index (χ0v) is 14.2. The lowest BCUT2D eigenvalue weighted by atomic mass is 10.1. The first kappa shape index (κ1) is 17.7. The van der Waals surface area contributed by atoms with Gasteiger partial charge in [-0.2, -0.15) is 0 Å². The zero-order chi connectivity index (χ0) is 17.2. The van der Waals surface area contributed by atoms with Crippen molar-refractivity contribution in [1.82, 2.24) is 9.21 Å². The quantitative estimate of drug-likeness (QED) is 0.704. The number of anilines is 1.